The van der Waals surface area contributed by atoms with Gasteiger partial charge >= 0.3 is 0 Å². The van der Waals surface area contributed by atoms with Crippen molar-refractivity contribution in [2.75, 3.05) is 21.2 Å². The lowest BCUT2D eigenvalue weighted by molar-refractivity contribution is 0.414. The van der Waals surface area contributed by atoms with Gasteiger partial charge in [-0.3, -0.25) is 4.98 Å². The summed E-state index contributed by atoms with van der Waals surface area (Å²) in [6.07, 6.45) is 3.31. The smallest absolute Gasteiger partial charge is 0.268 e. The molecule has 0 bridgehead atoms. The van der Waals surface area contributed by atoms with Crippen molar-refractivity contribution in [1.82, 2.24) is 25.1 Å². The molecule has 0 unspecified atom stereocenters. The normalized spacial score (nSPS) is 10.6. The van der Waals surface area contributed by atoms with Crippen molar-refractivity contribution < 1.29 is 9.15 Å². The Morgan fingerprint density at radius 2 is 1.63 bits per heavy atom. The van der Waals surface area contributed by atoms with E-state index in [0.29, 0.717) is 28.9 Å². The molecule has 4 aromatic rings. The average molecular weight is 399 g/mol. The third kappa shape index (κ3) is 3.77. The van der Waals surface area contributed by atoms with E-state index < -0.39 is 0 Å². The Labute approximate surface area is 174 Å². The lowest BCUT2D eigenvalue weighted by Gasteiger charge is -2.15. The fourth-order valence-corrected chi connectivity index (χ4v) is 2.96. The van der Waals surface area contributed by atoms with Crippen LogP contribution in [0.5, 0.6) is 5.75 Å². The minimum absolute atomic E-state index is 0.294. The molecule has 2 aromatic heterocycles. The van der Waals surface area contributed by atoms with Gasteiger partial charge in [0.1, 0.15) is 11.4 Å². The van der Waals surface area contributed by atoms with Gasteiger partial charge in [-0.1, -0.05) is 43.0 Å². The number of rotatable bonds is 6. The average Bonchev–Trinajstić information content (AvgIpc) is 3.29. The van der Waals surface area contributed by atoms with E-state index in [1.807, 2.05) is 67.5 Å². The second-order valence-corrected chi connectivity index (χ2v) is 6.82. The van der Waals surface area contributed by atoms with Gasteiger partial charge in [0.05, 0.1) is 30.8 Å². The third-order valence-electron chi connectivity index (χ3n) is 4.67. The fraction of sp³-hybridized carbons (Fsp3) is 0.130. The minimum Gasteiger partial charge on any atom is -0.496 e. The van der Waals surface area contributed by atoms with Gasteiger partial charge in [-0.2, -0.15) is 0 Å². The first kappa shape index (κ1) is 19.3. The van der Waals surface area contributed by atoms with Gasteiger partial charge in [0, 0.05) is 25.4 Å². The van der Waals surface area contributed by atoms with Crippen molar-refractivity contribution in [2.24, 2.45) is 0 Å². The van der Waals surface area contributed by atoms with E-state index in [2.05, 4.69) is 26.7 Å². The van der Waals surface area contributed by atoms with E-state index in [1.54, 1.807) is 19.5 Å². The summed E-state index contributed by atoms with van der Waals surface area (Å²) in [4.78, 5) is 10.9. The van der Waals surface area contributed by atoms with Gasteiger partial charge in [0.2, 0.25) is 0 Å². The molecule has 0 radical (unpaired) electrons. The van der Waals surface area contributed by atoms with E-state index in [1.165, 1.54) is 0 Å². The molecule has 2 aromatic carbocycles. The Morgan fingerprint density at radius 3 is 2.37 bits per heavy atom. The zero-order valence-corrected chi connectivity index (χ0v) is 17.0. The topological polar surface area (TPSA) is 77.2 Å². The summed E-state index contributed by atoms with van der Waals surface area (Å²) in [7, 11) is 5.54. The monoisotopic (exact) mass is 399 g/mol. The van der Waals surface area contributed by atoms with Crippen LogP contribution < -0.4 is 4.74 Å². The molecule has 7 nitrogen and oxygen atoms in total. The van der Waals surface area contributed by atoms with Gasteiger partial charge in [-0.05, 0) is 17.7 Å². The molecule has 0 aliphatic rings. The molecule has 7 heteroatoms. The van der Waals surface area contributed by atoms with Crippen LogP contribution in [-0.4, -0.2) is 46.3 Å². The number of benzene rings is 2. The highest BCUT2D eigenvalue weighted by Crippen LogP contribution is 2.30. The summed E-state index contributed by atoms with van der Waals surface area (Å²) in [5.74, 6) is 1.32. The quantitative estimate of drug-likeness (QED) is 0.475. The molecule has 0 aliphatic heterocycles. The van der Waals surface area contributed by atoms with Crippen molar-refractivity contribution in [1.29, 1.82) is 0 Å². The molecule has 0 saturated carbocycles. The fourth-order valence-electron chi connectivity index (χ4n) is 2.96. The van der Waals surface area contributed by atoms with Crippen molar-refractivity contribution in [3.8, 4) is 40.0 Å². The molecular formula is C23H21N5O2. The van der Waals surface area contributed by atoms with Crippen LogP contribution in [0.25, 0.3) is 40.0 Å². The molecule has 0 spiro atoms. The van der Waals surface area contributed by atoms with Crippen molar-refractivity contribution in [3.63, 3.8) is 0 Å². The van der Waals surface area contributed by atoms with Gasteiger partial charge in [0.15, 0.2) is 0 Å². The number of para-hydroxylation sites is 1. The molecule has 2 heterocycles. The SMILES string of the molecule is C=C(c1ccc(-c2cncc(-c3nnc(-c4ccccc4OC)o3)n2)cc1)N(C)C. The van der Waals surface area contributed by atoms with Crippen LogP contribution in [0.1, 0.15) is 5.56 Å². The number of ether oxygens (including phenoxy) is 1. The maximum atomic E-state index is 5.84. The van der Waals surface area contributed by atoms with Crippen LogP contribution in [0.15, 0.2) is 71.9 Å². The van der Waals surface area contributed by atoms with Crippen molar-refractivity contribution >= 4 is 5.70 Å². The van der Waals surface area contributed by atoms with Crippen LogP contribution in [0.2, 0.25) is 0 Å². The summed E-state index contributed by atoms with van der Waals surface area (Å²) in [5.41, 5.74) is 4.86. The summed E-state index contributed by atoms with van der Waals surface area (Å²) >= 11 is 0. The highest BCUT2D eigenvalue weighted by atomic mass is 16.5. The second kappa shape index (κ2) is 8.16. The largest absolute Gasteiger partial charge is 0.496 e. The second-order valence-electron chi connectivity index (χ2n) is 6.82. The molecule has 30 heavy (non-hydrogen) atoms. The van der Waals surface area contributed by atoms with Crippen LogP contribution in [0.4, 0.5) is 0 Å². The highest BCUT2D eigenvalue weighted by molar-refractivity contribution is 5.68. The Balaban J connectivity index is 1.63. The Hall–Kier alpha value is -4.00. The van der Waals surface area contributed by atoms with E-state index in [-0.39, 0.29) is 0 Å². The Morgan fingerprint density at radius 1 is 0.933 bits per heavy atom. The first-order valence-electron chi connectivity index (χ1n) is 9.33. The van der Waals surface area contributed by atoms with E-state index in [0.717, 1.165) is 22.4 Å². The minimum atomic E-state index is 0.294. The van der Waals surface area contributed by atoms with Gasteiger partial charge in [0.25, 0.3) is 11.8 Å². The van der Waals surface area contributed by atoms with E-state index in [9.17, 15) is 0 Å². The maximum absolute atomic E-state index is 5.84. The summed E-state index contributed by atoms with van der Waals surface area (Å²) in [5, 5.41) is 8.28. The number of hydrogen-bond acceptors (Lipinski definition) is 7. The van der Waals surface area contributed by atoms with Gasteiger partial charge < -0.3 is 14.1 Å². The third-order valence-corrected chi connectivity index (χ3v) is 4.67. The Kier molecular flexibility index (Phi) is 5.26. The summed E-state index contributed by atoms with van der Waals surface area (Å²) in [6, 6.07) is 15.5. The first-order chi connectivity index (χ1) is 14.6. The van der Waals surface area contributed by atoms with E-state index >= 15 is 0 Å². The molecule has 0 N–H and O–H groups in total. The van der Waals surface area contributed by atoms with Gasteiger partial charge in [-0.25, -0.2) is 4.98 Å². The first-order valence-corrected chi connectivity index (χ1v) is 9.33. The molecule has 0 atom stereocenters. The van der Waals surface area contributed by atoms with Crippen molar-refractivity contribution in [3.05, 3.63) is 73.1 Å². The number of hydrogen-bond donors (Lipinski definition) is 0. The standard InChI is InChI=1S/C23H21N5O2/c1-15(28(2)3)16-9-11-17(12-10-16)19-13-24-14-20(25-19)23-27-26-22(30-23)18-7-5-6-8-21(18)29-4/h5-14H,1H2,2-4H3. The zero-order valence-electron chi connectivity index (χ0n) is 17.0. The van der Waals surface area contributed by atoms with Gasteiger partial charge in [-0.15, -0.1) is 10.2 Å². The number of methoxy groups -OCH3 is 1. The molecule has 0 amide bonds. The predicted octanol–water partition coefficient (Wildman–Crippen LogP) is 4.40. The highest BCUT2D eigenvalue weighted by Gasteiger charge is 2.16. The molecule has 0 fully saturated rings. The Bertz CT molecular complexity index is 1180. The van der Waals surface area contributed by atoms with Crippen LogP contribution in [0, 0.1) is 0 Å². The lowest BCUT2D eigenvalue weighted by Crippen LogP contribution is -2.08. The summed E-state index contributed by atoms with van der Waals surface area (Å²) in [6.45, 7) is 4.08. The van der Waals surface area contributed by atoms with Crippen LogP contribution >= 0.6 is 0 Å². The zero-order chi connectivity index (χ0) is 21.1. The molecular weight excluding hydrogens is 378 g/mol. The molecule has 0 aliphatic carbocycles. The predicted molar refractivity (Wildman–Crippen MR) is 115 cm³/mol. The maximum Gasteiger partial charge on any atom is 0.268 e. The summed E-state index contributed by atoms with van der Waals surface area (Å²) < 4.78 is 11.2. The molecule has 0 saturated heterocycles. The van der Waals surface area contributed by atoms with Crippen LogP contribution in [0.3, 0.4) is 0 Å². The number of aromatic nitrogens is 4. The van der Waals surface area contributed by atoms with Crippen LogP contribution in [-0.2, 0) is 0 Å². The number of nitrogens with zero attached hydrogens (tertiary/aromatic N) is 5. The van der Waals surface area contributed by atoms with Crippen molar-refractivity contribution in [2.45, 2.75) is 0 Å². The van der Waals surface area contributed by atoms with E-state index in [4.69, 9.17) is 9.15 Å². The lowest BCUT2D eigenvalue weighted by atomic mass is 10.1. The molecule has 150 valence electrons. The molecule has 4 rings (SSSR count).